The fourth-order valence-corrected chi connectivity index (χ4v) is 4.59. The van der Waals surface area contributed by atoms with Gasteiger partial charge in [-0.1, -0.05) is 60.7 Å². The van der Waals surface area contributed by atoms with E-state index < -0.39 is 12.1 Å². The predicted molar refractivity (Wildman–Crippen MR) is 103 cm³/mol. The first-order valence-electron chi connectivity index (χ1n) is 8.76. The van der Waals surface area contributed by atoms with E-state index >= 15 is 0 Å². The lowest BCUT2D eigenvalue weighted by molar-refractivity contribution is -0.151. The molecule has 2 heterocycles. The maximum absolute atomic E-state index is 13.1. The summed E-state index contributed by atoms with van der Waals surface area (Å²) in [6.07, 6.45) is -0.169. The Hall–Kier alpha value is -2.57. The first-order valence-corrected chi connectivity index (χ1v) is 9.81. The van der Waals surface area contributed by atoms with Crippen LogP contribution < -0.4 is 0 Å². The highest BCUT2D eigenvalue weighted by Gasteiger charge is 2.46. The number of benzene rings is 2. The van der Waals surface area contributed by atoms with Crippen molar-refractivity contribution in [1.82, 2.24) is 4.90 Å². The van der Waals surface area contributed by atoms with Gasteiger partial charge in [-0.2, -0.15) is 0 Å². The summed E-state index contributed by atoms with van der Waals surface area (Å²) < 4.78 is 5.88. The van der Waals surface area contributed by atoms with Crippen molar-refractivity contribution < 1.29 is 19.4 Å². The molecule has 138 valence electrons. The van der Waals surface area contributed by atoms with Crippen molar-refractivity contribution in [3.8, 4) is 0 Å². The topological polar surface area (TPSA) is 66.8 Å². The number of esters is 1. The molecular weight excluding hydrogens is 362 g/mol. The number of aliphatic hydroxyl groups excluding tert-OH is 1. The minimum Gasteiger partial charge on any atom is -0.448 e. The first-order chi connectivity index (χ1) is 13.2. The van der Waals surface area contributed by atoms with E-state index in [0.717, 1.165) is 11.1 Å². The van der Waals surface area contributed by atoms with Crippen LogP contribution in [0.3, 0.4) is 0 Å². The summed E-state index contributed by atoms with van der Waals surface area (Å²) in [7, 11) is 0. The molecular formula is C21H19NO4S. The molecule has 4 rings (SSSR count). The number of β-lactam (4-membered cyclic amide) rings is 1. The largest absolute Gasteiger partial charge is 0.448 e. The molecule has 1 N–H and O–H groups in total. The lowest BCUT2D eigenvalue weighted by atomic mass is 10.0. The standard InChI is InChI=1S/C21H19NO4S/c23-12-16-13-27-18-11-17(24)22(18)19(16)21(25)26-20(14-7-3-1-4-8-14)15-9-5-2-6-10-15/h1-10,18,20,23H,11-13H2. The Morgan fingerprint density at radius 1 is 1.11 bits per heavy atom. The van der Waals surface area contributed by atoms with E-state index in [4.69, 9.17) is 4.74 Å². The molecule has 1 unspecified atom stereocenters. The molecule has 5 nitrogen and oxygen atoms in total. The molecule has 1 fully saturated rings. The Morgan fingerprint density at radius 3 is 2.22 bits per heavy atom. The zero-order valence-corrected chi connectivity index (χ0v) is 15.4. The average molecular weight is 381 g/mol. The summed E-state index contributed by atoms with van der Waals surface area (Å²) in [5.41, 5.74) is 2.43. The Labute approximate surface area is 161 Å². The van der Waals surface area contributed by atoms with Gasteiger partial charge in [0.2, 0.25) is 5.91 Å². The molecule has 2 aromatic carbocycles. The van der Waals surface area contributed by atoms with Crippen LogP contribution in [0.5, 0.6) is 0 Å². The van der Waals surface area contributed by atoms with Gasteiger partial charge in [0.1, 0.15) is 5.70 Å². The Bertz CT molecular complexity index is 842. The van der Waals surface area contributed by atoms with Crippen LogP contribution in [0.15, 0.2) is 71.9 Å². The van der Waals surface area contributed by atoms with Crippen LogP contribution in [0, 0.1) is 0 Å². The number of aliphatic hydroxyl groups is 1. The molecule has 2 aromatic rings. The van der Waals surface area contributed by atoms with Gasteiger partial charge in [-0.05, 0) is 16.7 Å². The highest BCUT2D eigenvalue weighted by Crippen LogP contribution is 2.41. The molecule has 6 heteroatoms. The molecule has 1 amide bonds. The van der Waals surface area contributed by atoms with Crippen LogP contribution in [0.4, 0.5) is 0 Å². The molecule has 2 aliphatic rings. The summed E-state index contributed by atoms with van der Waals surface area (Å²) in [6, 6.07) is 19.0. The monoisotopic (exact) mass is 381 g/mol. The quantitative estimate of drug-likeness (QED) is 0.637. The first kappa shape index (κ1) is 17.8. The smallest absolute Gasteiger partial charge is 0.356 e. The highest BCUT2D eigenvalue weighted by atomic mass is 32.2. The van der Waals surface area contributed by atoms with Gasteiger partial charge in [-0.25, -0.2) is 4.79 Å². The molecule has 0 bridgehead atoms. The van der Waals surface area contributed by atoms with Crippen molar-refractivity contribution in [2.24, 2.45) is 0 Å². The molecule has 0 spiro atoms. The number of thioether (sulfide) groups is 1. The lowest BCUT2D eigenvalue weighted by Gasteiger charge is -2.44. The van der Waals surface area contributed by atoms with Gasteiger partial charge in [-0.3, -0.25) is 9.69 Å². The Morgan fingerprint density at radius 2 is 1.70 bits per heavy atom. The third-order valence-corrected chi connectivity index (χ3v) is 6.02. The number of nitrogens with zero attached hydrogens (tertiary/aromatic N) is 1. The summed E-state index contributed by atoms with van der Waals surface area (Å²) >= 11 is 1.56. The highest BCUT2D eigenvalue weighted by molar-refractivity contribution is 8.00. The normalized spacial score (nSPS) is 19.0. The minimum absolute atomic E-state index is 0.0396. The fourth-order valence-electron chi connectivity index (χ4n) is 3.34. The lowest BCUT2D eigenvalue weighted by Crippen LogP contribution is -2.54. The van der Waals surface area contributed by atoms with Crippen molar-refractivity contribution >= 4 is 23.6 Å². The van der Waals surface area contributed by atoms with Crippen LogP contribution in [0.25, 0.3) is 0 Å². The van der Waals surface area contributed by atoms with Crippen LogP contribution in [0.2, 0.25) is 0 Å². The van der Waals surface area contributed by atoms with Gasteiger partial charge in [-0.15, -0.1) is 11.8 Å². The third kappa shape index (κ3) is 3.38. The van der Waals surface area contributed by atoms with Gasteiger partial charge < -0.3 is 9.84 Å². The zero-order chi connectivity index (χ0) is 18.8. The third-order valence-electron chi connectivity index (χ3n) is 4.75. The van der Waals surface area contributed by atoms with Crippen LogP contribution >= 0.6 is 11.8 Å². The average Bonchev–Trinajstić information content (AvgIpc) is 2.71. The maximum atomic E-state index is 13.1. The second-order valence-corrected chi connectivity index (χ2v) is 7.62. The number of rotatable bonds is 5. The number of carbonyl (C=O) groups excluding carboxylic acids is 2. The van der Waals surface area contributed by atoms with Gasteiger partial charge in [0.05, 0.1) is 18.4 Å². The van der Waals surface area contributed by atoms with E-state index in [-0.39, 0.29) is 23.6 Å². The predicted octanol–water partition coefficient (Wildman–Crippen LogP) is 2.87. The summed E-state index contributed by atoms with van der Waals surface area (Å²) in [6.45, 7) is -0.269. The van der Waals surface area contributed by atoms with Crippen LogP contribution in [-0.4, -0.2) is 39.6 Å². The fraction of sp³-hybridized carbons (Fsp3) is 0.238. The SMILES string of the molecule is O=C(OC(c1ccccc1)c1ccccc1)C1=C(CO)CSC2CC(=O)N12. The summed E-state index contributed by atoms with van der Waals surface area (Å²) in [5.74, 6) is -0.160. The molecule has 0 saturated carbocycles. The molecule has 1 atom stereocenters. The number of hydrogen-bond donors (Lipinski definition) is 1. The number of carbonyl (C=O) groups is 2. The molecule has 1 saturated heterocycles. The molecule has 0 aliphatic carbocycles. The molecule has 0 radical (unpaired) electrons. The van der Waals surface area contributed by atoms with Crippen LogP contribution in [0.1, 0.15) is 23.7 Å². The van der Waals surface area contributed by atoms with Crippen molar-refractivity contribution in [3.63, 3.8) is 0 Å². The number of ether oxygens (including phenoxy) is 1. The van der Waals surface area contributed by atoms with E-state index in [1.165, 1.54) is 4.90 Å². The van der Waals surface area contributed by atoms with E-state index in [2.05, 4.69) is 0 Å². The second-order valence-electron chi connectivity index (χ2n) is 6.45. The van der Waals surface area contributed by atoms with Crippen molar-refractivity contribution in [2.45, 2.75) is 17.9 Å². The van der Waals surface area contributed by atoms with Gasteiger partial charge >= 0.3 is 5.97 Å². The van der Waals surface area contributed by atoms with Gasteiger partial charge in [0.25, 0.3) is 0 Å². The minimum atomic E-state index is -0.586. The zero-order valence-electron chi connectivity index (χ0n) is 14.6. The molecule has 27 heavy (non-hydrogen) atoms. The van der Waals surface area contributed by atoms with Crippen LogP contribution in [-0.2, 0) is 14.3 Å². The van der Waals surface area contributed by atoms with Gasteiger partial charge in [0.15, 0.2) is 6.10 Å². The number of fused-ring (bicyclic) bond motifs is 1. The van der Waals surface area contributed by atoms with Crippen molar-refractivity contribution in [3.05, 3.63) is 83.1 Å². The molecule has 2 aliphatic heterocycles. The van der Waals surface area contributed by atoms with E-state index in [0.29, 0.717) is 17.7 Å². The second kappa shape index (κ2) is 7.58. The Balaban J connectivity index is 1.67. The van der Waals surface area contributed by atoms with Crippen molar-refractivity contribution in [2.75, 3.05) is 12.4 Å². The maximum Gasteiger partial charge on any atom is 0.356 e. The van der Waals surface area contributed by atoms with Gasteiger partial charge in [0, 0.05) is 5.75 Å². The number of hydrogen-bond acceptors (Lipinski definition) is 5. The van der Waals surface area contributed by atoms with Crippen molar-refractivity contribution in [1.29, 1.82) is 0 Å². The Kier molecular flexibility index (Phi) is 5.01. The summed E-state index contributed by atoms with van der Waals surface area (Å²) in [5, 5.41) is 9.64. The summed E-state index contributed by atoms with van der Waals surface area (Å²) in [4.78, 5) is 26.6. The van der Waals surface area contributed by atoms with E-state index in [1.807, 2.05) is 60.7 Å². The molecule has 0 aromatic heterocycles. The van der Waals surface area contributed by atoms with E-state index in [9.17, 15) is 14.7 Å². The number of amides is 1. The van der Waals surface area contributed by atoms with E-state index in [1.54, 1.807) is 11.8 Å².